The van der Waals surface area contributed by atoms with Gasteiger partial charge < -0.3 is 14.8 Å². The number of rotatable bonds is 5. The molecule has 88 valence electrons. The molecule has 2 rings (SSSR count). The zero-order valence-corrected chi connectivity index (χ0v) is 9.54. The van der Waals surface area contributed by atoms with Crippen LogP contribution in [0.4, 0.5) is 0 Å². The Bertz CT molecular complexity index is 163. The lowest BCUT2D eigenvalue weighted by Crippen LogP contribution is -2.32. The van der Waals surface area contributed by atoms with Crippen molar-refractivity contribution in [3.8, 4) is 0 Å². The third kappa shape index (κ3) is 4.09. The molecular weight excluding hydrogens is 190 g/mol. The molecule has 0 spiro atoms. The lowest BCUT2D eigenvalue weighted by molar-refractivity contribution is -0.0308. The largest absolute Gasteiger partial charge is 0.381 e. The second-order valence-electron chi connectivity index (χ2n) is 4.62. The van der Waals surface area contributed by atoms with Crippen molar-refractivity contribution in [2.75, 3.05) is 26.4 Å². The zero-order valence-electron chi connectivity index (χ0n) is 9.54. The van der Waals surface area contributed by atoms with Crippen molar-refractivity contribution in [2.24, 2.45) is 0 Å². The van der Waals surface area contributed by atoms with Gasteiger partial charge in [0.05, 0.1) is 12.7 Å². The topological polar surface area (TPSA) is 30.5 Å². The average Bonchev–Trinajstić information content (AvgIpc) is 2.79. The molecular formula is C12H23NO2. The van der Waals surface area contributed by atoms with Crippen molar-refractivity contribution >= 4 is 0 Å². The van der Waals surface area contributed by atoms with Gasteiger partial charge in [-0.05, 0) is 25.7 Å². The van der Waals surface area contributed by atoms with Crippen LogP contribution in [-0.2, 0) is 9.47 Å². The molecule has 1 heterocycles. The molecule has 3 nitrogen and oxygen atoms in total. The highest BCUT2D eigenvalue weighted by molar-refractivity contribution is 4.73. The minimum Gasteiger partial charge on any atom is -0.381 e. The molecule has 1 aliphatic heterocycles. The molecule has 1 saturated carbocycles. The summed E-state index contributed by atoms with van der Waals surface area (Å²) in [4.78, 5) is 0. The van der Waals surface area contributed by atoms with E-state index in [1.165, 1.54) is 25.7 Å². The lowest BCUT2D eigenvalue weighted by atomic mass is 10.1. The second kappa shape index (κ2) is 6.46. The Kier molecular flexibility index (Phi) is 4.90. The van der Waals surface area contributed by atoms with Crippen LogP contribution in [0.3, 0.4) is 0 Å². The van der Waals surface area contributed by atoms with Crippen LogP contribution in [0.1, 0.15) is 38.5 Å². The fraction of sp³-hybridized carbons (Fsp3) is 1.00. The van der Waals surface area contributed by atoms with E-state index >= 15 is 0 Å². The van der Waals surface area contributed by atoms with Gasteiger partial charge in [0.1, 0.15) is 0 Å². The van der Waals surface area contributed by atoms with Gasteiger partial charge in [-0.2, -0.15) is 0 Å². The zero-order chi connectivity index (χ0) is 10.3. The first-order valence-electron chi connectivity index (χ1n) is 6.38. The summed E-state index contributed by atoms with van der Waals surface area (Å²) in [5.41, 5.74) is 0. The number of hydrogen-bond donors (Lipinski definition) is 1. The number of hydrogen-bond acceptors (Lipinski definition) is 3. The van der Waals surface area contributed by atoms with E-state index in [0.29, 0.717) is 6.10 Å². The summed E-state index contributed by atoms with van der Waals surface area (Å²) in [6, 6.07) is 0.767. The minimum atomic E-state index is 0.448. The van der Waals surface area contributed by atoms with Crippen molar-refractivity contribution in [3.05, 3.63) is 0 Å². The van der Waals surface area contributed by atoms with Crippen LogP contribution in [0.15, 0.2) is 0 Å². The maximum Gasteiger partial charge on any atom is 0.0619 e. The van der Waals surface area contributed by atoms with Crippen LogP contribution in [-0.4, -0.2) is 38.5 Å². The SMILES string of the molecule is C1CCC(NCCOC2CCOCC2)C1. The first kappa shape index (κ1) is 11.4. The van der Waals surface area contributed by atoms with Crippen molar-refractivity contribution < 1.29 is 9.47 Å². The van der Waals surface area contributed by atoms with Crippen LogP contribution in [0.5, 0.6) is 0 Å². The van der Waals surface area contributed by atoms with Gasteiger partial charge in [0.15, 0.2) is 0 Å². The summed E-state index contributed by atoms with van der Waals surface area (Å²) in [6.07, 6.45) is 8.11. The lowest BCUT2D eigenvalue weighted by Gasteiger charge is -2.22. The summed E-state index contributed by atoms with van der Waals surface area (Å²) in [7, 11) is 0. The smallest absolute Gasteiger partial charge is 0.0619 e. The minimum absolute atomic E-state index is 0.448. The molecule has 15 heavy (non-hydrogen) atoms. The molecule has 1 aliphatic carbocycles. The summed E-state index contributed by atoms with van der Waals surface area (Å²) in [5.74, 6) is 0. The number of nitrogens with one attached hydrogen (secondary N) is 1. The maximum absolute atomic E-state index is 5.80. The van der Waals surface area contributed by atoms with E-state index < -0.39 is 0 Å². The van der Waals surface area contributed by atoms with Gasteiger partial charge in [-0.1, -0.05) is 12.8 Å². The van der Waals surface area contributed by atoms with Gasteiger partial charge in [0.2, 0.25) is 0 Å². The summed E-state index contributed by atoms with van der Waals surface area (Å²) < 4.78 is 11.1. The monoisotopic (exact) mass is 213 g/mol. The molecule has 3 heteroatoms. The van der Waals surface area contributed by atoms with E-state index in [2.05, 4.69) is 5.32 Å². The molecule has 0 unspecified atom stereocenters. The molecule has 2 fully saturated rings. The number of ether oxygens (including phenoxy) is 2. The van der Waals surface area contributed by atoms with Crippen LogP contribution in [0.2, 0.25) is 0 Å². The van der Waals surface area contributed by atoms with Crippen LogP contribution >= 0.6 is 0 Å². The Morgan fingerprint density at radius 1 is 1.07 bits per heavy atom. The molecule has 0 bridgehead atoms. The molecule has 0 aromatic heterocycles. The van der Waals surface area contributed by atoms with Crippen molar-refractivity contribution in [2.45, 2.75) is 50.7 Å². The van der Waals surface area contributed by atoms with Gasteiger partial charge in [-0.15, -0.1) is 0 Å². The predicted octanol–water partition coefficient (Wildman–Crippen LogP) is 1.71. The molecule has 1 saturated heterocycles. The predicted molar refractivity (Wildman–Crippen MR) is 60.1 cm³/mol. The Hall–Kier alpha value is -0.120. The fourth-order valence-corrected chi connectivity index (χ4v) is 2.46. The molecule has 0 atom stereocenters. The van der Waals surface area contributed by atoms with Crippen LogP contribution in [0.25, 0.3) is 0 Å². The Balaban J connectivity index is 1.47. The van der Waals surface area contributed by atoms with Gasteiger partial charge >= 0.3 is 0 Å². The first-order valence-corrected chi connectivity index (χ1v) is 6.38. The molecule has 0 aromatic carbocycles. The summed E-state index contributed by atoms with van der Waals surface area (Å²) in [5, 5.41) is 3.56. The van der Waals surface area contributed by atoms with Crippen LogP contribution in [0, 0.1) is 0 Å². The highest BCUT2D eigenvalue weighted by Gasteiger charge is 2.15. The third-order valence-corrected chi connectivity index (χ3v) is 3.41. The Morgan fingerprint density at radius 3 is 2.53 bits per heavy atom. The van der Waals surface area contributed by atoms with Gasteiger partial charge in [0, 0.05) is 25.8 Å². The standard InChI is InChI=1S/C12H23NO2/c1-2-4-11(3-1)13-7-10-15-12-5-8-14-9-6-12/h11-13H,1-10H2. The van der Waals surface area contributed by atoms with E-state index in [4.69, 9.17) is 9.47 Å². The van der Waals surface area contributed by atoms with E-state index in [0.717, 1.165) is 45.2 Å². The average molecular weight is 213 g/mol. The van der Waals surface area contributed by atoms with E-state index in [9.17, 15) is 0 Å². The molecule has 0 radical (unpaired) electrons. The normalized spacial score (nSPS) is 24.8. The van der Waals surface area contributed by atoms with Gasteiger partial charge in [0.25, 0.3) is 0 Å². The van der Waals surface area contributed by atoms with Crippen molar-refractivity contribution in [3.63, 3.8) is 0 Å². The van der Waals surface area contributed by atoms with Crippen LogP contribution < -0.4 is 5.32 Å². The summed E-state index contributed by atoms with van der Waals surface area (Å²) in [6.45, 7) is 3.63. The molecule has 0 amide bonds. The molecule has 1 N–H and O–H groups in total. The maximum atomic E-state index is 5.80. The second-order valence-corrected chi connectivity index (χ2v) is 4.62. The quantitative estimate of drug-likeness (QED) is 0.705. The van der Waals surface area contributed by atoms with E-state index in [-0.39, 0.29) is 0 Å². The highest BCUT2D eigenvalue weighted by Crippen LogP contribution is 2.17. The van der Waals surface area contributed by atoms with Gasteiger partial charge in [-0.3, -0.25) is 0 Å². The highest BCUT2D eigenvalue weighted by atomic mass is 16.5. The fourth-order valence-electron chi connectivity index (χ4n) is 2.46. The summed E-state index contributed by atoms with van der Waals surface area (Å²) >= 11 is 0. The first-order chi connectivity index (χ1) is 7.45. The van der Waals surface area contributed by atoms with E-state index in [1.54, 1.807) is 0 Å². The van der Waals surface area contributed by atoms with Gasteiger partial charge in [-0.25, -0.2) is 0 Å². The third-order valence-electron chi connectivity index (χ3n) is 3.41. The van der Waals surface area contributed by atoms with E-state index in [1.807, 2.05) is 0 Å². The molecule has 0 aromatic rings. The molecule has 2 aliphatic rings. The van der Waals surface area contributed by atoms with Crippen molar-refractivity contribution in [1.82, 2.24) is 5.32 Å². The van der Waals surface area contributed by atoms with Crippen molar-refractivity contribution in [1.29, 1.82) is 0 Å². The Morgan fingerprint density at radius 2 is 1.80 bits per heavy atom. The Labute approximate surface area is 92.5 Å².